The lowest BCUT2D eigenvalue weighted by Crippen LogP contribution is -2.50. The molecule has 2 amide bonds. The van der Waals surface area contributed by atoms with Gasteiger partial charge in [-0.1, -0.05) is 42.5 Å². The number of carbonyl (C=O) groups excluding carboxylic acids is 2. The van der Waals surface area contributed by atoms with E-state index in [1.165, 1.54) is 12.1 Å². The Bertz CT molecular complexity index is 786. The van der Waals surface area contributed by atoms with Gasteiger partial charge in [0.2, 0.25) is 6.54 Å². The van der Waals surface area contributed by atoms with Crippen molar-refractivity contribution < 1.29 is 19.6 Å². The molecular weight excluding hydrogens is 324 g/mol. The molecule has 25 heavy (non-hydrogen) atoms. The number of nitro groups is 1. The standard InChI is InChI=1S/C18H16N2O5/c21-16(11-19(24)25)15(10-12-6-2-1-3-7-12)20-17(22)13-8-4-5-9-14(13)18(20)23/h1-9,15-16,21H,10-11H2/t15-,16-/m1/s1. The van der Waals surface area contributed by atoms with Crippen LogP contribution in [-0.4, -0.2) is 45.4 Å². The Morgan fingerprint density at radius 1 is 0.960 bits per heavy atom. The SMILES string of the molecule is O=C1c2ccccc2C(=O)N1[C@H](Cc1ccccc1)[C@H](O)C[N+](=O)[O-]. The van der Waals surface area contributed by atoms with Gasteiger partial charge in [0, 0.05) is 4.92 Å². The third-order valence-electron chi connectivity index (χ3n) is 4.23. The molecule has 2 aromatic carbocycles. The van der Waals surface area contributed by atoms with Crippen LogP contribution in [0.25, 0.3) is 0 Å². The largest absolute Gasteiger partial charge is 0.384 e. The molecule has 1 N–H and O–H groups in total. The Labute approximate surface area is 143 Å². The highest BCUT2D eigenvalue weighted by Crippen LogP contribution is 2.27. The van der Waals surface area contributed by atoms with Crippen molar-refractivity contribution in [1.82, 2.24) is 4.90 Å². The van der Waals surface area contributed by atoms with Gasteiger partial charge in [0.25, 0.3) is 11.8 Å². The Morgan fingerprint density at radius 3 is 2.00 bits per heavy atom. The topological polar surface area (TPSA) is 101 Å². The summed E-state index contributed by atoms with van der Waals surface area (Å²) in [5, 5.41) is 21.1. The van der Waals surface area contributed by atoms with E-state index in [0.29, 0.717) is 0 Å². The van der Waals surface area contributed by atoms with Crippen LogP contribution in [0, 0.1) is 10.1 Å². The van der Waals surface area contributed by atoms with Gasteiger partial charge in [0.15, 0.2) is 0 Å². The molecule has 0 saturated heterocycles. The van der Waals surface area contributed by atoms with Crippen LogP contribution in [0.5, 0.6) is 0 Å². The van der Waals surface area contributed by atoms with E-state index in [1.54, 1.807) is 36.4 Å². The lowest BCUT2D eigenvalue weighted by atomic mass is 9.99. The summed E-state index contributed by atoms with van der Waals surface area (Å²) < 4.78 is 0. The van der Waals surface area contributed by atoms with Crippen LogP contribution in [0.3, 0.4) is 0 Å². The van der Waals surface area contributed by atoms with Gasteiger partial charge in [-0.2, -0.15) is 0 Å². The van der Waals surface area contributed by atoms with E-state index in [1.807, 2.05) is 6.07 Å². The van der Waals surface area contributed by atoms with E-state index < -0.39 is 35.4 Å². The maximum Gasteiger partial charge on any atom is 0.261 e. The lowest BCUT2D eigenvalue weighted by Gasteiger charge is -2.28. The van der Waals surface area contributed by atoms with Crippen molar-refractivity contribution in [3.63, 3.8) is 0 Å². The second kappa shape index (κ2) is 6.82. The molecule has 0 aliphatic carbocycles. The highest BCUT2D eigenvalue weighted by atomic mass is 16.6. The van der Waals surface area contributed by atoms with Crippen molar-refractivity contribution in [3.8, 4) is 0 Å². The maximum absolute atomic E-state index is 12.7. The van der Waals surface area contributed by atoms with Crippen LogP contribution in [0.2, 0.25) is 0 Å². The highest BCUT2D eigenvalue weighted by Gasteiger charge is 2.43. The van der Waals surface area contributed by atoms with Gasteiger partial charge in [-0.3, -0.25) is 24.6 Å². The van der Waals surface area contributed by atoms with Gasteiger partial charge < -0.3 is 5.11 Å². The van der Waals surface area contributed by atoms with Crippen LogP contribution in [0.4, 0.5) is 0 Å². The van der Waals surface area contributed by atoms with E-state index in [2.05, 4.69) is 0 Å². The molecule has 1 heterocycles. The van der Waals surface area contributed by atoms with Crippen molar-refractivity contribution in [2.75, 3.05) is 6.54 Å². The molecule has 2 atom stereocenters. The van der Waals surface area contributed by atoms with Crippen LogP contribution in [0.1, 0.15) is 26.3 Å². The van der Waals surface area contributed by atoms with E-state index in [0.717, 1.165) is 10.5 Å². The fourth-order valence-electron chi connectivity index (χ4n) is 3.04. The van der Waals surface area contributed by atoms with Crippen LogP contribution in [0.15, 0.2) is 54.6 Å². The second-order valence-electron chi connectivity index (χ2n) is 5.87. The molecule has 7 heteroatoms. The van der Waals surface area contributed by atoms with Gasteiger partial charge in [-0.25, -0.2) is 0 Å². The molecule has 128 valence electrons. The number of hydrogen-bond acceptors (Lipinski definition) is 5. The van der Waals surface area contributed by atoms with Crippen molar-refractivity contribution in [2.24, 2.45) is 0 Å². The van der Waals surface area contributed by atoms with E-state index in [-0.39, 0.29) is 17.5 Å². The molecule has 7 nitrogen and oxygen atoms in total. The summed E-state index contributed by atoms with van der Waals surface area (Å²) in [7, 11) is 0. The summed E-state index contributed by atoms with van der Waals surface area (Å²) >= 11 is 0. The Hall–Kier alpha value is -3.06. The number of aliphatic hydroxyl groups excluding tert-OH is 1. The lowest BCUT2D eigenvalue weighted by molar-refractivity contribution is -0.491. The number of fused-ring (bicyclic) bond motifs is 1. The fourth-order valence-corrected chi connectivity index (χ4v) is 3.04. The number of aliphatic hydroxyl groups is 1. The third-order valence-corrected chi connectivity index (χ3v) is 4.23. The summed E-state index contributed by atoms with van der Waals surface area (Å²) in [4.78, 5) is 36.4. The molecule has 0 spiro atoms. The van der Waals surface area contributed by atoms with E-state index >= 15 is 0 Å². The number of nitrogens with zero attached hydrogens (tertiary/aromatic N) is 2. The first kappa shape index (κ1) is 16.8. The summed E-state index contributed by atoms with van der Waals surface area (Å²) in [6, 6.07) is 14.3. The monoisotopic (exact) mass is 340 g/mol. The van der Waals surface area contributed by atoms with Crippen molar-refractivity contribution in [1.29, 1.82) is 0 Å². The number of hydrogen-bond donors (Lipinski definition) is 1. The average Bonchev–Trinajstić information content (AvgIpc) is 2.85. The molecule has 3 rings (SSSR count). The number of amides is 2. The average molecular weight is 340 g/mol. The summed E-state index contributed by atoms with van der Waals surface area (Å²) in [6.45, 7) is -0.745. The Kier molecular flexibility index (Phi) is 4.58. The molecule has 0 radical (unpaired) electrons. The normalized spacial score (nSPS) is 15.8. The molecule has 2 aromatic rings. The zero-order valence-corrected chi connectivity index (χ0v) is 13.2. The minimum absolute atomic E-state index is 0.140. The van der Waals surface area contributed by atoms with Crippen LogP contribution in [-0.2, 0) is 6.42 Å². The summed E-state index contributed by atoms with van der Waals surface area (Å²) in [5.41, 5.74) is 1.27. The molecule has 0 aromatic heterocycles. The first-order valence-corrected chi connectivity index (χ1v) is 7.79. The van der Waals surface area contributed by atoms with Gasteiger partial charge in [0.1, 0.15) is 6.10 Å². The van der Waals surface area contributed by atoms with Gasteiger partial charge in [-0.15, -0.1) is 0 Å². The minimum atomic E-state index is -1.46. The van der Waals surface area contributed by atoms with Gasteiger partial charge in [-0.05, 0) is 24.1 Å². The maximum atomic E-state index is 12.7. The quantitative estimate of drug-likeness (QED) is 0.488. The van der Waals surface area contributed by atoms with E-state index in [4.69, 9.17) is 0 Å². The van der Waals surface area contributed by atoms with Crippen molar-refractivity contribution in [3.05, 3.63) is 81.4 Å². The minimum Gasteiger partial charge on any atom is -0.384 e. The summed E-state index contributed by atoms with van der Waals surface area (Å²) in [6.07, 6.45) is -1.32. The van der Waals surface area contributed by atoms with Gasteiger partial charge in [0.05, 0.1) is 17.2 Å². The number of rotatable bonds is 6. The molecule has 0 unspecified atom stereocenters. The Morgan fingerprint density at radius 2 is 1.48 bits per heavy atom. The third kappa shape index (κ3) is 3.27. The fraction of sp³-hybridized carbons (Fsp3) is 0.222. The zero-order chi connectivity index (χ0) is 18.0. The number of benzene rings is 2. The van der Waals surface area contributed by atoms with Crippen LogP contribution < -0.4 is 0 Å². The molecule has 1 aliphatic rings. The Balaban J connectivity index is 1.96. The first-order chi connectivity index (χ1) is 12.0. The van der Waals surface area contributed by atoms with Gasteiger partial charge >= 0.3 is 0 Å². The highest BCUT2D eigenvalue weighted by molar-refractivity contribution is 6.21. The van der Waals surface area contributed by atoms with Crippen molar-refractivity contribution >= 4 is 11.8 Å². The second-order valence-corrected chi connectivity index (χ2v) is 5.87. The molecule has 0 saturated carbocycles. The van der Waals surface area contributed by atoms with E-state index in [9.17, 15) is 24.8 Å². The smallest absolute Gasteiger partial charge is 0.261 e. The zero-order valence-electron chi connectivity index (χ0n) is 13.2. The molecule has 0 bridgehead atoms. The molecule has 0 fully saturated rings. The number of carbonyl (C=O) groups is 2. The van der Waals surface area contributed by atoms with Crippen molar-refractivity contribution in [2.45, 2.75) is 18.6 Å². The molecule has 1 aliphatic heterocycles. The molecular formula is C18H16N2O5. The number of imide groups is 1. The first-order valence-electron chi connectivity index (χ1n) is 7.79. The van der Waals surface area contributed by atoms with Crippen LogP contribution >= 0.6 is 0 Å². The summed E-state index contributed by atoms with van der Waals surface area (Å²) in [5.74, 6) is -1.08. The predicted molar refractivity (Wildman–Crippen MR) is 88.7 cm³/mol. The predicted octanol–water partition coefficient (Wildman–Crippen LogP) is 1.53.